The molecule has 0 bridgehead atoms. The highest BCUT2D eigenvalue weighted by Gasteiger charge is 2.15. The largest absolute Gasteiger partial charge is 0.497 e. The molecule has 0 unspecified atom stereocenters. The number of para-hydroxylation sites is 2. The molecule has 3 aromatic rings. The number of esters is 1. The first-order chi connectivity index (χ1) is 16.0. The third kappa shape index (κ3) is 6.41. The Hall–Kier alpha value is -4.66. The number of hydrogen-bond donors (Lipinski definition) is 2. The van der Waals surface area contributed by atoms with E-state index in [4.69, 9.17) is 14.2 Å². The Morgan fingerprint density at radius 1 is 0.818 bits per heavy atom. The van der Waals surface area contributed by atoms with Crippen molar-refractivity contribution in [2.75, 3.05) is 19.5 Å². The highest BCUT2D eigenvalue weighted by atomic mass is 16.5. The van der Waals surface area contributed by atoms with Crippen LogP contribution in [0.5, 0.6) is 17.2 Å². The molecule has 0 aliphatic rings. The third-order valence-electron chi connectivity index (χ3n) is 4.32. The monoisotopic (exact) mass is 447 g/mol. The molecule has 0 heterocycles. The van der Waals surface area contributed by atoms with Gasteiger partial charge >= 0.3 is 17.8 Å². The van der Waals surface area contributed by atoms with Crippen LogP contribution < -0.4 is 25.0 Å². The van der Waals surface area contributed by atoms with Crippen LogP contribution >= 0.6 is 0 Å². The molecule has 0 spiro atoms. The lowest BCUT2D eigenvalue weighted by Gasteiger charge is -2.08. The summed E-state index contributed by atoms with van der Waals surface area (Å²) in [5.41, 5.74) is 3.37. The molecule has 9 heteroatoms. The van der Waals surface area contributed by atoms with Gasteiger partial charge in [-0.2, -0.15) is 5.10 Å². The molecule has 3 rings (SSSR count). The Morgan fingerprint density at radius 2 is 1.58 bits per heavy atom. The number of nitrogens with one attached hydrogen (secondary N) is 2. The average molecular weight is 447 g/mol. The Kier molecular flexibility index (Phi) is 7.74. The quantitative estimate of drug-likeness (QED) is 0.189. The minimum Gasteiger partial charge on any atom is -0.497 e. The van der Waals surface area contributed by atoms with Gasteiger partial charge in [0.05, 0.1) is 31.7 Å². The van der Waals surface area contributed by atoms with Crippen LogP contribution in [0.2, 0.25) is 0 Å². The van der Waals surface area contributed by atoms with E-state index in [2.05, 4.69) is 15.8 Å². The van der Waals surface area contributed by atoms with Gasteiger partial charge in [0.25, 0.3) is 0 Å². The maximum Gasteiger partial charge on any atom is 0.343 e. The Balaban J connectivity index is 1.58. The Morgan fingerprint density at radius 3 is 2.36 bits per heavy atom. The van der Waals surface area contributed by atoms with Crippen molar-refractivity contribution in [3.05, 3.63) is 83.9 Å². The van der Waals surface area contributed by atoms with Crippen LogP contribution in [0.1, 0.15) is 15.9 Å². The van der Waals surface area contributed by atoms with Crippen LogP contribution in [-0.4, -0.2) is 38.2 Å². The van der Waals surface area contributed by atoms with Crippen LogP contribution in [0.25, 0.3) is 0 Å². The van der Waals surface area contributed by atoms with E-state index in [0.717, 1.165) is 0 Å². The zero-order valence-electron chi connectivity index (χ0n) is 17.9. The zero-order chi connectivity index (χ0) is 23.6. The Bertz CT molecular complexity index is 1190. The van der Waals surface area contributed by atoms with Crippen molar-refractivity contribution in [1.29, 1.82) is 0 Å². The van der Waals surface area contributed by atoms with Gasteiger partial charge in [-0.3, -0.25) is 9.59 Å². The van der Waals surface area contributed by atoms with Gasteiger partial charge in [0, 0.05) is 0 Å². The van der Waals surface area contributed by atoms with E-state index in [1.807, 2.05) is 0 Å². The van der Waals surface area contributed by atoms with Gasteiger partial charge in [0.2, 0.25) is 0 Å². The first-order valence-electron chi connectivity index (χ1n) is 9.74. The number of ether oxygens (including phenoxy) is 3. The summed E-state index contributed by atoms with van der Waals surface area (Å²) in [6.45, 7) is 0. The van der Waals surface area contributed by atoms with Gasteiger partial charge in [0.1, 0.15) is 17.2 Å². The number of rotatable bonds is 7. The van der Waals surface area contributed by atoms with Crippen LogP contribution in [0.3, 0.4) is 0 Å². The summed E-state index contributed by atoms with van der Waals surface area (Å²) >= 11 is 0. The summed E-state index contributed by atoms with van der Waals surface area (Å²) in [6.07, 6.45) is 1.32. The van der Waals surface area contributed by atoms with Crippen LogP contribution in [0.15, 0.2) is 77.9 Å². The fraction of sp³-hybridized carbons (Fsp3) is 0.0833. The SMILES string of the molecule is COc1cccc(C(=O)Oc2cccc(/C=N/NC(=O)C(=O)Nc3ccccc3OC)c2)c1. The predicted octanol–water partition coefficient (Wildman–Crippen LogP) is 3.01. The number of hydrogen-bond acceptors (Lipinski definition) is 7. The first kappa shape index (κ1) is 23.0. The molecule has 0 atom stereocenters. The van der Waals surface area contributed by atoms with E-state index < -0.39 is 17.8 Å². The maximum atomic E-state index is 12.3. The number of amides is 2. The molecular formula is C24H21N3O6. The van der Waals surface area contributed by atoms with Crippen molar-refractivity contribution in [3.63, 3.8) is 0 Å². The molecule has 3 aromatic carbocycles. The minimum absolute atomic E-state index is 0.284. The second-order valence-corrected chi connectivity index (χ2v) is 6.55. The molecule has 0 radical (unpaired) electrons. The second-order valence-electron chi connectivity index (χ2n) is 6.55. The zero-order valence-corrected chi connectivity index (χ0v) is 17.9. The molecule has 9 nitrogen and oxygen atoms in total. The summed E-state index contributed by atoms with van der Waals surface area (Å²) in [5, 5.41) is 6.22. The highest BCUT2D eigenvalue weighted by molar-refractivity contribution is 6.39. The van der Waals surface area contributed by atoms with Gasteiger partial charge in [-0.25, -0.2) is 10.2 Å². The summed E-state index contributed by atoms with van der Waals surface area (Å²) in [6, 6.07) is 19.8. The molecule has 0 aliphatic heterocycles. The molecule has 168 valence electrons. The molecule has 0 aliphatic carbocycles. The highest BCUT2D eigenvalue weighted by Crippen LogP contribution is 2.22. The smallest absolute Gasteiger partial charge is 0.343 e. The number of carbonyl (C=O) groups excluding carboxylic acids is 3. The lowest BCUT2D eigenvalue weighted by molar-refractivity contribution is -0.136. The van der Waals surface area contributed by atoms with Gasteiger partial charge in [-0.05, 0) is 48.0 Å². The number of carbonyl (C=O) groups is 3. The van der Waals surface area contributed by atoms with E-state index >= 15 is 0 Å². The summed E-state index contributed by atoms with van der Waals surface area (Å²) < 4.78 is 15.6. The lowest BCUT2D eigenvalue weighted by Crippen LogP contribution is -2.32. The molecule has 0 saturated carbocycles. The third-order valence-corrected chi connectivity index (χ3v) is 4.32. The number of benzene rings is 3. The molecule has 33 heavy (non-hydrogen) atoms. The van der Waals surface area contributed by atoms with E-state index in [1.165, 1.54) is 20.4 Å². The summed E-state index contributed by atoms with van der Waals surface area (Å²) in [5.74, 6) is -1.18. The minimum atomic E-state index is -0.960. The fourth-order valence-corrected chi connectivity index (χ4v) is 2.72. The van der Waals surface area contributed by atoms with E-state index in [9.17, 15) is 14.4 Å². The van der Waals surface area contributed by atoms with Crippen molar-refractivity contribution < 1.29 is 28.6 Å². The van der Waals surface area contributed by atoms with Gasteiger partial charge < -0.3 is 19.5 Å². The van der Waals surface area contributed by atoms with E-state index in [-0.39, 0.29) is 5.75 Å². The van der Waals surface area contributed by atoms with Crippen molar-refractivity contribution in [2.24, 2.45) is 5.10 Å². The van der Waals surface area contributed by atoms with Crippen LogP contribution in [0, 0.1) is 0 Å². The summed E-state index contributed by atoms with van der Waals surface area (Å²) in [4.78, 5) is 36.4. The van der Waals surface area contributed by atoms with Crippen molar-refractivity contribution >= 4 is 29.7 Å². The van der Waals surface area contributed by atoms with Crippen LogP contribution in [-0.2, 0) is 9.59 Å². The van der Waals surface area contributed by atoms with Gasteiger partial charge in [0.15, 0.2) is 0 Å². The van der Waals surface area contributed by atoms with Crippen molar-refractivity contribution in [3.8, 4) is 17.2 Å². The van der Waals surface area contributed by atoms with Crippen molar-refractivity contribution in [2.45, 2.75) is 0 Å². The maximum absolute atomic E-state index is 12.3. The second kappa shape index (κ2) is 11.1. The normalized spacial score (nSPS) is 10.4. The molecule has 0 aromatic heterocycles. The molecule has 0 fully saturated rings. The molecular weight excluding hydrogens is 426 g/mol. The number of hydrazone groups is 1. The number of anilines is 1. The van der Waals surface area contributed by atoms with E-state index in [1.54, 1.807) is 72.8 Å². The fourth-order valence-electron chi connectivity index (χ4n) is 2.72. The number of methoxy groups -OCH3 is 2. The molecule has 2 N–H and O–H groups in total. The summed E-state index contributed by atoms with van der Waals surface area (Å²) in [7, 11) is 2.96. The van der Waals surface area contributed by atoms with Crippen LogP contribution in [0.4, 0.5) is 5.69 Å². The Labute approximate surface area is 190 Å². The van der Waals surface area contributed by atoms with Gasteiger partial charge in [-0.1, -0.05) is 30.3 Å². The lowest BCUT2D eigenvalue weighted by atomic mass is 10.2. The number of nitrogens with zero attached hydrogens (tertiary/aromatic N) is 1. The van der Waals surface area contributed by atoms with Crippen molar-refractivity contribution in [1.82, 2.24) is 5.43 Å². The standard InChI is InChI=1S/C24H21N3O6/c1-31-18-9-6-8-17(14-18)24(30)33-19-10-5-7-16(13-19)15-25-27-23(29)22(28)26-20-11-3-4-12-21(20)32-2/h3-15H,1-2H3,(H,26,28)(H,27,29)/b25-15+. The van der Waals surface area contributed by atoms with Gasteiger partial charge in [-0.15, -0.1) is 0 Å². The first-order valence-corrected chi connectivity index (χ1v) is 9.74. The molecule has 2 amide bonds. The topological polar surface area (TPSA) is 115 Å². The van der Waals surface area contributed by atoms with E-state index in [0.29, 0.717) is 28.3 Å². The average Bonchev–Trinajstić information content (AvgIpc) is 2.84. The molecule has 0 saturated heterocycles. The predicted molar refractivity (Wildman–Crippen MR) is 122 cm³/mol.